The molecule has 0 aliphatic rings. The number of hydrogen-bond donors (Lipinski definition) is 3. The first-order chi connectivity index (χ1) is 19.9. The first kappa shape index (κ1) is 27.4. The molecular formula is C31H25N5O4S. The second-order valence-electron chi connectivity index (χ2n) is 8.96. The lowest BCUT2D eigenvalue weighted by Crippen LogP contribution is -2.22. The van der Waals surface area contributed by atoms with Gasteiger partial charge < -0.3 is 10.4 Å². The van der Waals surface area contributed by atoms with Crippen molar-refractivity contribution in [2.24, 2.45) is 5.10 Å². The number of fused-ring (bicyclic) bond motifs is 1. The number of rotatable bonds is 8. The number of carbonyl (C=O) groups excluding carboxylic acids is 2. The van der Waals surface area contributed by atoms with Crippen LogP contribution in [0.2, 0.25) is 0 Å². The van der Waals surface area contributed by atoms with Crippen molar-refractivity contribution in [2.45, 2.75) is 12.1 Å². The number of nitrogens with zero attached hydrogens (tertiary/aromatic N) is 3. The van der Waals surface area contributed by atoms with Gasteiger partial charge in [0.2, 0.25) is 5.91 Å². The smallest absolute Gasteiger partial charge is 0.275 e. The van der Waals surface area contributed by atoms with E-state index in [1.54, 1.807) is 61.5 Å². The summed E-state index contributed by atoms with van der Waals surface area (Å²) in [4.78, 5) is 43.1. The molecule has 5 rings (SSSR count). The molecule has 0 aliphatic carbocycles. The van der Waals surface area contributed by atoms with Crippen LogP contribution < -0.4 is 16.3 Å². The first-order valence-corrected chi connectivity index (χ1v) is 13.6. The lowest BCUT2D eigenvalue weighted by molar-refractivity contribution is -0.113. The average Bonchev–Trinajstić information content (AvgIpc) is 3.00. The van der Waals surface area contributed by atoms with Gasteiger partial charge in [-0.1, -0.05) is 66.4 Å². The molecule has 41 heavy (non-hydrogen) atoms. The molecule has 0 aliphatic heterocycles. The van der Waals surface area contributed by atoms with Crippen LogP contribution in [0, 0.1) is 0 Å². The summed E-state index contributed by atoms with van der Waals surface area (Å²) in [6.07, 6.45) is 0. The Labute approximate surface area is 239 Å². The molecule has 4 aromatic carbocycles. The van der Waals surface area contributed by atoms with E-state index >= 15 is 0 Å². The highest BCUT2D eigenvalue weighted by atomic mass is 32.2. The van der Waals surface area contributed by atoms with E-state index in [1.807, 2.05) is 36.4 Å². The van der Waals surface area contributed by atoms with Gasteiger partial charge in [-0.2, -0.15) is 5.10 Å². The van der Waals surface area contributed by atoms with Gasteiger partial charge >= 0.3 is 0 Å². The minimum atomic E-state index is -0.526. The highest BCUT2D eigenvalue weighted by Gasteiger charge is 2.15. The predicted octanol–water partition coefficient (Wildman–Crippen LogP) is 4.98. The largest absolute Gasteiger partial charge is 0.507 e. The number of aromatic hydroxyl groups is 1. The van der Waals surface area contributed by atoms with Crippen LogP contribution in [-0.4, -0.2) is 37.9 Å². The molecule has 10 heteroatoms. The molecule has 204 valence electrons. The van der Waals surface area contributed by atoms with E-state index in [-0.39, 0.29) is 28.5 Å². The van der Waals surface area contributed by atoms with Crippen molar-refractivity contribution in [1.82, 2.24) is 15.0 Å². The minimum Gasteiger partial charge on any atom is -0.507 e. The zero-order chi connectivity index (χ0) is 28.8. The molecule has 1 aromatic heterocycles. The summed E-state index contributed by atoms with van der Waals surface area (Å²) in [6, 6.07) is 29.6. The number of hydrogen-bond acceptors (Lipinski definition) is 7. The van der Waals surface area contributed by atoms with Crippen LogP contribution in [-0.2, 0) is 4.79 Å². The predicted molar refractivity (Wildman–Crippen MR) is 161 cm³/mol. The van der Waals surface area contributed by atoms with Gasteiger partial charge in [-0.05, 0) is 61.0 Å². The van der Waals surface area contributed by atoms with Crippen molar-refractivity contribution in [3.8, 4) is 11.4 Å². The minimum absolute atomic E-state index is 0.0399. The topological polar surface area (TPSA) is 126 Å². The van der Waals surface area contributed by atoms with Gasteiger partial charge in [-0.3, -0.25) is 19.0 Å². The Hall–Kier alpha value is -5.22. The normalized spacial score (nSPS) is 11.3. The van der Waals surface area contributed by atoms with Gasteiger partial charge in [-0.15, -0.1) is 0 Å². The van der Waals surface area contributed by atoms with Gasteiger partial charge in [0.05, 0.1) is 33.6 Å². The van der Waals surface area contributed by atoms with Crippen LogP contribution in [0.4, 0.5) is 5.69 Å². The Kier molecular flexibility index (Phi) is 8.21. The number of phenolic OH excluding ortho intramolecular Hbond substituents is 1. The number of hydrazone groups is 1. The van der Waals surface area contributed by atoms with Gasteiger partial charge in [0.15, 0.2) is 5.16 Å². The number of aromatic nitrogens is 2. The van der Waals surface area contributed by atoms with Crippen molar-refractivity contribution in [3.63, 3.8) is 0 Å². The number of para-hydroxylation sites is 3. The molecule has 3 N–H and O–H groups in total. The van der Waals surface area contributed by atoms with Crippen LogP contribution in [0.5, 0.6) is 5.75 Å². The quantitative estimate of drug-likeness (QED) is 0.106. The van der Waals surface area contributed by atoms with Gasteiger partial charge in [0, 0.05) is 5.69 Å². The standard InChI is InChI=1S/C31H25N5O4S/c1-20(34-35-29(39)25-12-6-8-14-27(25)37)21-15-17-22(18-16-21)32-28(38)19-41-31-33-26-13-7-5-11-24(26)30(40)36(31)23-9-3-2-4-10-23/h2-18,37H,19H2,1H3,(H,32,38)(H,35,39)/b34-20+. The van der Waals surface area contributed by atoms with Crippen molar-refractivity contribution < 1.29 is 14.7 Å². The zero-order valence-electron chi connectivity index (χ0n) is 21.9. The van der Waals surface area contributed by atoms with Crippen molar-refractivity contribution in [1.29, 1.82) is 0 Å². The van der Waals surface area contributed by atoms with Crippen LogP contribution in [0.1, 0.15) is 22.8 Å². The summed E-state index contributed by atoms with van der Waals surface area (Å²) < 4.78 is 1.52. The number of carbonyl (C=O) groups is 2. The Bertz CT molecular complexity index is 1820. The molecule has 0 unspecified atom stereocenters. The van der Waals surface area contributed by atoms with E-state index < -0.39 is 5.91 Å². The van der Waals surface area contributed by atoms with Crippen molar-refractivity contribution in [3.05, 3.63) is 125 Å². The SMILES string of the molecule is C/C(=N\NC(=O)c1ccccc1O)c1ccc(NC(=O)CSc2nc3ccccc3c(=O)n2-c2ccccc2)cc1. The third-order valence-electron chi connectivity index (χ3n) is 6.15. The molecule has 0 spiro atoms. The van der Waals surface area contributed by atoms with Gasteiger partial charge in [-0.25, -0.2) is 10.4 Å². The Balaban J connectivity index is 1.25. The fourth-order valence-corrected chi connectivity index (χ4v) is 4.87. The fraction of sp³-hybridized carbons (Fsp3) is 0.0645. The number of phenols is 1. The third kappa shape index (κ3) is 6.34. The summed E-state index contributed by atoms with van der Waals surface area (Å²) in [5, 5.41) is 17.7. The molecule has 0 saturated heterocycles. The Morgan fingerprint density at radius 2 is 1.59 bits per heavy atom. The summed E-state index contributed by atoms with van der Waals surface area (Å²) in [5.41, 5.74) is 5.46. The van der Waals surface area contributed by atoms with E-state index in [0.29, 0.717) is 33.1 Å². The van der Waals surface area contributed by atoms with E-state index in [4.69, 9.17) is 0 Å². The first-order valence-electron chi connectivity index (χ1n) is 12.6. The number of anilines is 1. The number of thioether (sulfide) groups is 1. The summed E-state index contributed by atoms with van der Waals surface area (Å²) in [7, 11) is 0. The second kappa shape index (κ2) is 12.3. The van der Waals surface area contributed by atoms with Crippen LogP contribution >= 0.6 is 11.8 Å². The Morgan fingerprint density at radius 1 is 0.902 bits per heavy atom. The van der Waals surface area contributed by atoms with Gasteiger partial charge in [0.1, 0.15) is 5.75 Å². The fourth-order valence-electron chi connectivity index (χ4n) is 4.06. The molecule has 0 atom stereocenters. The molecule has 0 fully saturated rings. The maximum absolute atomic E-state index is 13.3. The lowest BCUT2D eigenvalue weighted by atomic mass is 10.1. The summed E-state index contributed by atoms with van der Waals surface area (Å²) in [5.74, 6) is -0.874. The maximum Gasteiger partial charge on any atom is 0.275 e. The highest BCUT2D eigenvalue weighted by Crippen LogP contribution is 2.22. The third-order valence-corrected chi connectivity index (χ3v) is 7.09. The van der Waals surface area contributed by atoms with E-state index in [9.17, 15) is 19.5 Å². The number of amides is 2. The lowest BCUT2D eigenvalue weighted by Gasteiger charge is -2.13. The number of benzene rings is 4. The maximum atomic E-state index is 13.3. The second-order valence-corrected chi connectivity index (χ2v) is 9.90. The molecule has 0 bridgehead atoms. The van der Waals surface area contributed by atoms with Crippen LogP contribution in [0.15, 0.2) is 118 Å². The number of nitrogens with one attached hydrogen (secondary N) is 2. The van der Waals surface area contributed by atoms with E-state index in [2.05, 4.69) is 20.8 Å². The molecule has 9 nitrogen and oxygen atoms in total. The van der Waals surface area contributed by atoms with Crippen molar-refractivity contribution >= 4 is 45.9 Å². The molecule has 2 amide bonds. The van der Waals surface area contributed by atoms with Crippen LogP contribution in [0.25, 0.3) is 16.6 Å². The summed E-state index contributed by atoms with van der Waals surface area (Å²) >= 11 is 1.18. The van der Waals surface area contributed by atoms with Crippen LogP contribution in [0.3, 0.4) is 0 Å². The highest BCUT2D eigenvalue weighted by molar-refractivity contribution is 7.99. The van der Waals surface area contributed by atoms with E-state index in [0.717, 1.165) is 5.56 Å². The molecule has 0 saturated carbocycles. The molecule has 0 radical (unpaired) electrons. The molecule has 1 heterocycles. The van der Waals surface area contributed by atoms with E-state index in [1.165, 1.54) is 28.5 Å². The molecule has 5 aromatic rings. The summed E-state index contributed by atoms with van der Waals surface area (Å²) in [6.45, 7) is 1.73. The Morgan fingerprint density at radius 3 is 2.34 bits per heavy atom. The monoisotopic (exact) mass is 563 g/mol. The average molecular weight is 564 g/mol. The van der Waals surface area contributed by atoms with Gasteiger partial charge in [0.25, 0.3) is 11.5 Å². The zero-order valence-corrected chi connectivity index (χ0v) is 22.8. The van der Waals surface area contributed by atoms with Crippen molar-refractivity contribution in [2.75, 3.05) is 11.1 Å². The molecular weight excluding hydrogens is 538 g/mol.